The van der Waals surface area contributed by atoms with Gasteiger partial charge < -0.3 is 14.2 Å². The Bertz CT molecular complexity index is 1170. The van der Waals surface area contributed by atoms with E-state index in [1.807, 2.05) is 24.5 Å². The van der Waals surface area contributed by atoms with Crippen LogP contribution < -0.4 is 14.2 Å². The molecule has 1 unspecified atom stereocenters. The van der Waals surface area contributed by atoms with Gasteiger partial charge in [0.2, 0.25) is 11.8 Å². The minimum absolute atomic E-state index is 0.0489. The van der Waals surface area contributed by atoms with E-state index in [0.29, 0.717) is 36.6 Å². The van der Waals surface area contributed by atoms with Crippen LogP contribution in [0.1, 0.15) is 18.5 Å². The first-order chi connectivity index (χ1) is 17.8. The molecular weight excluding hydrogens is 510 g/mol. The molecule has 1 fully saturated rings. The maximum absolute atomic E-state index is 14.7. The van der Waals surface area contributed by atoms with Gasteiger partial charge in [-0.15, -0.1) is 0 Å². The molecule has 4 rings (SSSR count). The molecule has 4 heterocycles. The third-order valence-electron chi connectivity index (χ3n) is 5.71. The second-order valence-corrected chi connectivity index (χ2v) is 9.25. The van der Waals surface area contributed by atoms with E-state index in [1.54, 1.807) is 12.3 Å². The van der Waals surface area contributed by atoms with Crippen molar-refractivity contribution in [2.75, 3.05) is 37.2 Å². The average molecular weight is 538 g/mol. The molecule has 198 valence electrons. The second-order valence-electron chi connectivity index (χ2n) is 8.64. The number of anilines is 1. The Morgan fingerprint density at radius 3 is 2.78 bits per heavy atom. The van der Waals surface area contributed by atoms with Crippen LogP contribution in [0.5, 0.6) is 11.8 Å². The zero-order valence-electron chi connectivity index (χ0n) is 20.2. The van der Waals surface area contributed by atoms with Crippen LogP contribution in [0.25, 0.3) is 11.3 Å². The van der Waals surface area contributed by atoms with Crippen molar-refractivity contribution in [2.24, 2.45) is 5.92 Å². The number of nitrogens with one attached hydrogen (secondary N) is 1. The van der Waals surface area contributed by atoms with Crippen LogP contribution in [0.3, 0.4) is 0 Å². The highest BCUT2D eigenvalue weighted by atomic mass is 32.2. The topological polar surface area (TPSA) is 72.4 Å². The van der Waals surface area contributed by atoms with Gasteiger partial charge in [-0.05, 0) is 43.7 Å². The molecule has 0 amide bonds. The standard InChI is InChI=1S/C25H27F4N5O2S/c1-37-33-21-11-18(12-31-24(21)36-15-19-6-2-3-9-30-19)23-20(26)7-8-22(32-23)35-14-17-5-4-10-34(13-17)16-25(27,28)29/h2-3,6-9,11-12,17,33H,4-5,10,13-16H2,1H3. The lowest BCUT2D eigenvalue weighted by molar-refractivity contribution is -0.149. The third kappa shape index (κ3) is 7.93. The number of hydrogen-bond acceptors (Lipinski definition) is 8. The van der Waals surface area contributed by atoms with Crippen LogP contribution in [0, 0.1) is 11.7 Å². The van der Waals surface area contributed by atoms with Crippen molar-refractivity contribution >= 4 is 17.6 Å². The molecule has 0 spiro atoms. The Hall–Kier alpha value is -3.12. The van der Waals surface area contributed by atoms with E-state index in [9.17, 15) is 17.6 Å². The molecule has 0 bridgehead atoms. The third-order valence-corrected chi connectivity index (χ3v) is 6.14. The summed E-state index contributed by atoms with van der Waals surface area (Å²) in [6.07, 6.45) is 2.17. The van der Waals surface area contributed by atoms with Gasteiger partial charge in [0.15, 0.2) is 0 Å². The summed E-state index contributed by atoms with van der Waals surface area (Å²) in [5, 5.41) is 0. The number of halogens is 4. The fourth-order valence-corrected chi connectivity index (χ4v) is 4.47. The summed E-state index contributed by atoms with van der Waals surface area (Å²) >= 11 is 1.33. The van der Waals surface area contributed by atoms with Gasteiger partial charge in [-0.2, -0.15) is 13.2 Å². The minimum atomic E-state index is -4.23. The van der Waals surface area contributed by atoms with E-state index >= 15 is 0 Å². The molecule has 1 N–H and O–H groups in total. The highest BCUT2D eigenvalue weighted by Crippen LogP contribution is 2.32. The molecule has 1 aliphatic heterocycles. The summed E-state index contributed by atoms with van der Waals surface area (Å²) in [5.41, 5.74) is 1.74. The number of pyridine rings is 3. The van der Waals surface area contributed by atoms with Crippen molar-refractivity contribution in [3.05, 3.63) is 60.3 Å². The van der Waals surface area contributed by atoms with Crippen LogP contribution >= 0.6 is 11.9 Å². The number of likely N-dealkylation sites (tertiary alicyclic amines) is 1. The molecule has 37 heavy (non-hydrogen) atoms. The summed E-state index contributed by atoms with van der Waals surface area (Å²) < 4.78 is 67.6. The molecule has 0 saturated carbocycles. The molecule has 1 atom stereocenters. The molecule has 12 heteroatoms. The van der Waals surface area contributed by atoms with E-state index in [0.717, 1.165) is 12.1 Å². The van der Waals surface area contributed by atoms with Crippen LogP contribution in [-0.4, -0.2) is 58.5 Å². The Morgan fingerprint density at radius 1 is 1.16 bits per heavy atom. The fraction of sp³-hybridized carbons (Fsp3) is 0.400. The van der Waals surface area contributed by atoms with Gasteiger partial charge in [0.05, 0.1) is 18.8 Å². The zero-order valence-corrected chi connectivity index (χ0v) is 21.0. The van der Waals surface area contributed by atoms with Gasteiger partial charge in [-0.3, -0.25) is 9.88 Å². The van der Waals surface area contributed by atoms with Gasteiger partial charge in [0, 0.05) is 42.7 Å². The molecule has 0 aromatic carbocycles. The molecule has 3 aromatic rings. The van der Waals surface area contributed by atoms with E-state index in [4.69, 9.17) is 9.47 Å². The van der Waals surface area contributed by atoms with Crippen LogP contribution in [0.15, 0.2) is 48.8 Å². The second kappa shape index (κ2) is 12.4. The first kappa shape index (κ1) is 26.9. The predicted octanol–water partition coefficient (Wildman–Crippen LogP) is 5.60. The lowest BCUT2D eigenvalue weighted by Crippen LogP contribution is -2.42. The van der Waals surface area contributed by atoms with Crippen molar-refractivity contribution in [1.82, 2.24) is 19.9 Å². The first-order valence-electron chi connectivity index (χ1n) is 11.7. The number of alkyl halides is 3. The number of ether oxygens (including phenoxy) is 2. The normalized spacial score (nSPS) is 16.4. The SMILES string of the molecule is CSNc1cc(-c2nc(OCC3CCCN(CC(F)(F)F)C3)ccc2F)cnc1OCc1ccccn1. The first-order valence-corrected chi connectivity index (χ1v) is 12.9. The maximum atomic E-state index is 14.7. The van der Waals surface area contributed by atoms with Crippen LogP contribution in [0.2, 0.25) is 0 Å². The summed E-state index contributed by atoms with van der Waals surface area (Å²) in [6.45, 7) is 0.193. The number of nitrogens with zero attached hydrogens (tertiary/aromatic N) is 4. The van der Waals surface area contributed by atoms with Crippen molar-refractivity contribution in [1.29, 1.82) is 0 Å². The zero-order chi connectivity index (χ0) is 26.3. The number of rotatable bonds is 10. The van der Waals surface area contributed by atoms with Crippen LogP contribution in [0.4, 0.5) is 23.2 Å². The Kier molecular flexibility index (Phi) is 9.04. The fourth-order valence-electron chi connectivity index (χ4n) is 4.10. The molecule has 7 nitrogen and oxygen atoms in total. The van der Waals surface area contributed by atoms with Crippen molar-refractivity contribution in [2.45, 2.75) is 25.6 Å². The summed E-state index contributed by atoms with van der Waals surface area (Å²) in [4.78, 5) is 14.3. The quantitative estimate of drug-likeness (QED) is 0.265. The summed E-state index contributed by atoms with van der Waals surface area (Å²) in [5.74, 6) is -0.0992. The van der Waals surface area contributed by atoms with E-state index < -0.39 is 18.5 Å². The van der Waals surface area contributed by atoms with E-state index in [2.05, 4.69) is 19.7 Å². The molecule has 0 radical (unpaired) electrons. The number of hydrogen-bond donors (Lipinski definition) is 1. The van der Waals surface area contributed by atoms with Gasteiger partial charge in [-0.1, -0.05) is 18.0 Å². The highest BCUT2D eigenvalue weighted by Gasteiger charge is 2.33. The van der Waals surface area contributed by atoms with Gasteiger partial charge in [0.25, 0.3) is 0 Å². The Balaban J connectivity index is 1.44. The van der Waals surface area contributed by atoms with E-state index in [1.165, 1.54) is 35.2 Å². The molecule has 0 aliphatic carbocycles. The number of aromatic nitrogens is 3. The Labute approximate surface area is 216 Å². The van der Waals surface area contributed by atoms with E-state index in [-0.39, 0.29) is 30.7 Å². The van der Waals surface area contributed by atoms with Crippen molar-refractivity contribution < 1.29 is 27.0 Å². The van der Waals surface area contributed by atoms with Crippen molar-refractivity contribution in [3.63, 3.8) is 0 Å². The maximum Gasteiger partial charge on any atom is 0.401 e. The lowest BCUT2D eigenvalue weighted by atomic mass is 9.99. The van der Waals surface area contributed by atoms with Crippen molar-refractivity contribution in [3.8, 4) is 23.0 Å². The summed E-state index contributed by atoms with van der Waals surface area (Å²) in [7, 11) is 0. The van der Waals surface area contributed by atoms with Gasteiger partial charge in [0.1, 0.15) is 23.8 Å². The molecule has 3 aromatic heterocycles. The largest absolute Gasteiger partial charge is 0.477 e. The van der Waals surface area contributed by atoms with Gasteiger partial charge in [-0.25, -0.2) is 14.4 Å². The predicted molar refractivity (Wildman–Crippen MR) is 134 cm³/mol. The molecule has 1 aliphatic rings. The monoisotopic (exact) mass is 537 g/mol. The lowest BCUT2D eigenvalue weighted by Gasteiger charge is -2.32. The average Bonchev–Trinajstić information content (AvgIpc) is 2.87. The minimum Gasteiger partial charge on any atom is -0.477 e. The molecular formula is C25H27F4N5O2S. The van der Waals surface area contributed by atoms with Crippen LogP contribution in [-0.2, 0) is 6.61 Å². The smallest absolute Gasteiger partial charge is 0.401 e. The van der Waals surface area contributed by atoms with Gasteiger partial charge >= 0.3 is 6.18 Å². The highest BCUT2D eigenvalue weighted by molar-refractivity contribution is 7.99. The number of piperidine rings is 1. The Morgan fingerprint density at radius 2 is 2.03 bits per heavy atom. The molecule has 1 saturated heterocycles. The summed E-state index contributed by atoms with van der Waals surface area (Å²) in [6, 6.07) is 9.86.